The Morgan fingerprint density at radius 2 is 1.57 bits per heavy atom. The first-order valence-electron chi connectivity index (χ1n) is 12.2. The van der Waals surface area contributed by atoms with Crippen molar-refractivity contribution in [3.63, 3.8) is 0 Å². The molecule has 2 aliphatic carbocycles. The van der Waals surface area contributed by atoms with Gasteiger partial charge in [0.15, 0.2) is 17.5 Å². The Bertz CT molecular complexity index is 1690. The number of hydrogen-bond donors (Lipinski definition) is 0. The topological polar surface area (TPSA) is 51.8 Å². The summed E-state index contributed by atoms with van der Waals surface area (Å²) >= 11 is 0. The zero-order chi connectivity index (χ0) is 23.2. The van der Waals surface area contributed by atoms with Crippen LogP contribution in [0.5, 0.6) is 0 Å². The summed E-state index contributed by atoms with van der Waals surface area (Å²) in [4.78, 5) is 14.9. The molecule has 168 valence electrons. The van der Waals surface area contributed by atoms with Gasteiger partial charge in [0.05, 0.1) is 0 Å². The van der Waals surface area contributed by atoms with Crippen molar-refractivity contribution in [2.75, 3.05) is 0 Å². The summed E-state index contributed by atoms with van der Waals surface area (Å²) in [5, 5.41) is 2.18. The Kier molecular flexibility index (Phi) is 4.69. The van der Waals surface area contributed by atoms with Crippen LogP contribution in [0.3, 0.4) is 0 Å². The Balaban J connectivity index is 1.49. The molecular formula is C31H23N3O. The molecule has 3 aromatic carbocycles. The van der Waals surface area contributed by atoms with Gasteiger partial charge in [0.25, 0.3) is 0 Å². The number of nitrogens with zero attached hydrogens (tertiary/aromatic N) is 3. The third-order valence-corrected chi connectivity index (χ3v) is 6.87. The van der Waals surface area contributed by atoms with E-state index < -0.39 is 0 Å². The van der Waals surface area contributed by atoms with Crippen molar-refractivity contribution in [2.24, 2.45) is 0 Å². The second-order valence-corrected chi connectivity index (χ2v) is 9.06. The first-order valence-corrected chi connectivity index (χ1v) is 12.2. The van der Waals surface area contributed by atoms with Gasteiger partial charge in [-0.1, -0.05) is 78.9 Å². The van der Waals surface area contributed by atoms with Crippen molar-refractivity contribution in [1.29, 1.82) is 0 Å². The summed E-state index contributed by atoms with van der Waals surface area (Å²) in [6.07, 6.45) is 14.8. The number of allylic oxidation sites excluding steroid dienone is 5. The van der Waals surface area contributed by atoms with Crippen LogP contribution in [-0.2, 0) is 6.42 Å². The van der Waals surface area contributed by atoms with Crippen LogP contribution in [0.4, 0.5) is 0 Å². The summed E-state index contributed by atoms with van der Waals surface area (Å²) in [5.74, 6) is 2.11. The Labute approximate surface area is 203 Å². The van der Waals surface area contributed by atoms with Crippen LogP contribution in [0.1, 0.15) is 36.2 Å². The minimum absolute atomic E-state index is 0.676. The van der Waals surface area contributed by atoms with Crippen molar-refractivity contribution in [2.45, 2.75) is 25.7 Å². The molecule has 0 atom stereocenters. The second kappa shape index (κ2) is 8.17. The van der Waals surface area contributed by atoms with E-state index in [0.29, 0.717) is 11.6 Å². The molecule has 0 bridgehead atoms. The van der Waals surface area contributed by atoms with Gasteiger partial charge in [-0.05, 0) is 49.0 Å². The van der Waals surface area contributed by atoms with Crippen LogP contribution in [-0.4, -0.2) is 15.0 Å². The first-order chi connectivity index (χ1) is 17.3. The third-order valence-electron chi connectivity index (χ3n) is 6.87. The lowest BCUT2D eigenvalue weighted by Crippen LogP contribution is -2.03. The van der Waals surface area contributed by atoms with Crippen LogP contribution in [0.15, 0.2) is 89.4 Å². The molecule has 0 N–H and O–H groups in total. The molecule has 2 aliphatic rings. The largest absolute Gasteiger partial charge is 0.456 e. The van der Waals surface area contributed by atoms with Gasteiger partial charge in [-0.15, -0.1) is 0 Å². The molecule has 0 fully saturated rings. The molecule has 0 saturated heterocycles. The van der Waals surface area contributed by atoms with E-state index in [9.17, 15) is 0 Å². The lowest BCUT2D eigenvalue weighted by Gasteiger charge is -2.12. The maximum Gasteiger partial charge on any atom is 0.164 e. The molecule has 0 radical (unpaired) electrons. The third kappa shape index (κ3) is 3.41. The maximum absolute atomic E-state index is 6.45. The van der Waals surface area contributed by atoms with Gasteiger partial charge in [0.2, 0.25) is 0 Å². The fourth-order valence-corrected chi connectivity index (χ4v) is 5.14. The molecule has 2 heterocycles. The fraction of sp³-hybridized carbons (Fsp3) is 0.129. The van der Waals surface area contributed by atoms with Gasteiger partial charge in [0, 0.05) is 27.5 Å². The molecule has 0 amide bonds. The number of rotatable bonds is 3. The monoisotopic (exact) mass is 453 g/mol. The van der Waals surface area contributed by atoms with E-state index in [2.05, 4.69) is 48.6 Å². The summed E-state index contributed by atoms with van der Waals surface area (Å²) in [7, 11) is 0. The van der Waals surface area contributed by atoms with Gasteiger partial charge < -0.3 is 4.42 Å². The number of aryl methyl sites for hydroxylation is 1. The Hall–Kier alpha value is -4.31. The Morgan fingerprint density at radius 3 is 2.46 bits per heavy atom. The molecule has 0 spiro atoms. The fourth-order valence-electron chi connectivity index (χ4n) is 5.14. The summed E-state index contributed by atoms with van der Waals surface area (Å²) in [5.41, 5.74) is 7.46. The van der Waals surface area contributed by atoms with Crippen molar-refractivity contribution in [1.82, 2.24) is 15.0 Å². The normalized spacial score (nSPS) is 14.9. The minimum atomic E-state index is 0.676. The lowest BCUT2D eigenvalue weighted by molar-refractivity contribution is 0.661. The minimum Gasteiger partial charge on any atom is -0.456 e. The molecule has 4 nitrogen and oxygen atoms in total. The SMILES string of the molecule is C1=CCCC(c2nc(-c3ccccc3)nc(-c3cccc4oc5c6c(ccc5c34)C=CCC6)n2)=C1. The van der Waals surface area contributed by atoms with Crippen LogP contribution >= 0.6 is 0 Å². The van der Waals surface area contributed by atoms with Crippen molar-refractivity contribution >= 4 is 33.6 Å². The average molecular weight is 454 g/mol. The van der Waals surface area contributed by atoms with E-state index in [1.807, 2.05) is 42.5 Å². The zero-order valence-corrected chi connectivity index (χ0v) is 19.2. The van der Waals surface area contributed by atoms with Gasteiger partial charge in [-0.2, -0.15) is 0 Å². The number of hydrogen-bond acceptors (Lipinski definition) is 4. The highest BCUT2D eigenvalue weighted by atomic mass is 16.3. The van der Waals surface area contributed by atoms with E-state index in [1.54, 1.807) is 0 Å². The van der Waals surface area contributed by atoms with E-state index >= 15 is 0 Å². The van der Waals surface area contributed by atoms with Crippen LogP contribution < -0.4 is 0 Å². The smallest absolute Gasteiger partial charge is 0.164 e. The summed E-state index contributed by atoms with van der Waals surface area (Å²) < 4.78 is 6.45. The molecule has 0 saturated carbocycles. The number of furan rings is 1. The predicted molar refractivity (Wildman–Crippen MR) is 142 cm³/mol. The molecule has 0 unspecified atom stereocenters. The van der Waals surface area contributed by atoms with E-state index in [0.717, 1.165) is 70.1 Å². The van der Waals surface area contributed by atoms with E-state index in [4.69, 9.17) is 19.4 Å². The first kappa shape index (κ1) is 20.1. The van der Waals surface area contributed by atoms with Gasteiger partial charge >= 0.3 is 0 Å². The second-order valence-electron chi connectivity index (χ2n) is 9.06. The number of aromatic nitrogens is 3. The molecule has 35 heavy (non-hydrogen) atoms. The highest BCUT2D eigenvalue weighted by Gasteiger charge is 2.20. The van der Waals surface area contributed by atoms with Crippen molar-refractivity contribution in [3.8, 4) is 22.8 Å². The Morgan fingerprint density at radius 1 is 0.714 bits per heavy atom. The van der Waals surface area contributed by atoms with E-state index in [1.165, 1.54) is 11.1 Å². The van der Waals surface area contributed by atoms with Gasteiger partial charge in [-0.25, -0.2) is 15.0 Å². The van der Waals surface area contributed by atoms with Crippen LogP contribution in [0, 0.1) is 0 Å². The molecule has 2 aromatic heterocycles. The highest BCUT2D eigenvalue weighted by molar-refractivity contribution is 6.13. The number of fused-ring (bicyclic) bond motifs is 5. The quantitative estimate of drug-likeness (QED) is 0.280. The van der Waals surface area contributed by atoms with E-state index in [-0.39, 0.29) is 0 Å². The molecule has 7 rings (SSSR count). The molecule has 4 heteroatoms. The highest BCUT2D eigenvalue weighted by Crippen LogP contribution is 2.39. The zero-order valence-electron chi connectivity index (χ0n) is 19.2. The summed E-state index contributed by atoms with van der Waals surface area (Å²) in [6, 6.07) is 20.7. The number of benzene rings is 3. The molecule has 5 aromatic rings. The molecular weight excluding hydrogens is 430 g/mol. The van der Waals surface area contributed by atoms with Crippen LogP contribution in [0.25, 0.3) is 56.4 Å². The maximum atomic E-state index is 6.45. The lowest BCUT2D eigenvalue weighted by atomic mass is 9.94. The van der Waals surface area contributed by atoms with Gasteiger partial charge in [0.1, 0.15) is 11.2 Å². The van der Waals surface area contributed by atoms with Crippen molar-refractivity contribution < 1.29 is 4.42 Å². The predicted octanol–water partition coefficient (Wildman–Crippen LogP) is 7.80. The van der Waals surface area contributed by atoms with Gasteiger partial charge in [-0.3, -0.25) is 0 Å². The van der Waals surface area contributed by atoms with Crippen molar-refractivity contribution in [3.05, 3.63) is 102 Å². The summed E-state index contributed by atoms with van der Waals surface area (Å²) in [6.45, 7) is 0. The average Bonchev–Trinajstić information content (AvgIpc) is 3.33. The van der Waals surface area contributed by atoms with Crippen LogP contribution in [0.2, 0.25) is 0 Å². The standard InChI is InChI=1S/C31H23N3O/c1-3-11-21(12-4-1)29-32-30(22-13-5-2-6-14-22)34-31(33-29)25-16-9-17-26-27(25)24-19-18-20-10-7-8-15-23(20)28(24)35-26/h1-5,7,9-13,16-19H,6,8,14-15H2. The molecule has 0 aliphatic heterocycles.